The molecule has 0 aromatic carbocycles. The summed E-state index contributed by atoms with van der Waals surface area (Å²) in [7, 11) is 0. The lowest BCUT2D eigenvalue weighted by Crippen LogP contribution is -2.42. The van der Waals surface area contributed by atoms with Gasteiger partial charge in [0.25, 0.3) is 0 Å². The zero-order valence-corrected chi connectivity index (χ0v) is 14.4. The van der Waals surface area contributed by atoms with E-state index < -0.39 is 0 Å². The number of halogens is 1. The van der Waals surface area contributed by atoms with Gasteiger partial charge in [-0.15, -0.1) is 11.3 Å². The molecule has 2 heterocycles. The Hall–Kier alpha value is -0.390. The molecule has 0 unspecified atom stereocenters. The second-order valence-electron chi connectivity index (χ2n) is 5.90. The van der Waals surface area contributed by atoms with Crippen molar-refractivity contribution in [2.75, 3.05) is 19.6 Å². The van der Waals surface area contributed by atoms with Gasteiger partial charge in [0.2, 0.25) is 5.91 Å². The van der Waals surface area contributed by atoms with E-state index in [4.69, 9.17) is 0 Å². The summed E-state index contributed by atoms with van der Waals surface area (Å²) in [6, 6.07) is 4.20. The molecular formula is C15H23BrN2OS. The van der Waals surface area contributed by atoms with Crippen molar-refractivity contribution in [1.82, 2.24) is 10.6 Å². The maximum absolute atomic E-state index is 11.9. The molecule has 1 aliphatic rings. The lowest BCUT2D eigenvalue weighted by atomic mass is 9.81. The van der Waals surface area contributed by atoms with Crippen molar-refractivity contribution in [3.63, 3.8) is 0 Å². The number of carbonyl (C=O) groups is 1. The van der Waals surface area contributed by atoms with E-state index >= 15 is 0 Å². The number of aryl methyl sites for hydroxylation is 1. The van der Waals surface area contributed by atoms with Crippen LogP contribution in [0.1, 0.15) is 37.5 Å². The molecule has 0 radical (unpaired) electrons. The van der Waals surface area contributed by atoms with Crippen LogP contribution in [0, 0.1) is 5.41 Å². The smallest absolute Gasteiger partial charge is 0.220 e. The van der Waals surface area contributed by atoms with Crippen LogP contribution in [-0.2, 0) is 11.2 Å². The Kier molecular flexibility index (Phi) is 6.05. The molecule has 1 aromatic heterocycles. The van der Waals surface area contributed by atoms with E-state index in [1.807, 2.05) is 0 Å². The van der Waals surface area contributed by atoms with E-state index in [0.717, 1.165) is 49.1 Å². The normalized spacial score (nSPS) is 17.9. The predicted octanol–water partition coefficient (Wildman–Crippen LogP) is 3.34. The van der Waals surface area contributed by atoms with Crippen LogP contribution in [0.25, 0.3) is 0 Å². The van der Waals surface area contributed by atoms with Gasteiger partial charge in [0.1, 0.15) is 0 Å². The summed E-state index contributed by atoms with van der Waals surface area (Å²) < 4.78 is 1.16. The first-order valence-electron chi connectivity index (χ1n) is 7.29. The van der Waals surface area contributed by atoms with Gasteiger partial charge in [-0.2, -0.15) is 0 Å². The minimum Gasteiger partial charge on any atom is -0.356 e. The third kappa shape index (κ3) is 5.19. The lowest BCUT2D eigenvalue weighted by Gasteiger charge is -2.34. The van der Waals surface area contributed by atoms with E-state index in [9.17, 15) is 4.79 Å². The SMILES string of the molecule is CC1(CNC(=O)CCCc2ccc(Br)s2)CCNCC1. The van der Waals surface area contributed by atoms with Gasteiger partial charge in [0.05, 0.1) is 3.79 Å². The van der Waals surface area contributed by atoms with Crippen LogP contribution < -0.4 is 10.6 Å². The van der Waals surface area contributed by atoms with E-state index in [0.29, 0.717) is 6.42 Å². The molecule has 1 aromatic rings. The van der Waals surface area contributed by atoms with Gasteiger partial charge >= 0.3 is 0 Å². The first-order chi connectivity index (χ1) is 9.57. The molecule has 0 saturated carbocycles. The van der Waals surface area contributed by atoms with Gasteiger partial charge < -0.3 is 10.6 Å². The Morgan fingerprint density at radius 1 is 1.45 bits per heavy atom. The molecule has 1 fully saturated rings. The maximum atomic E-state index is 11.9. The zero-order valence-electron chi connectivity index (χ0n) is 12.0. The Morgan fingerprint density at radius 3 is 2.85 bits per heavy atom. The highest BCUT2D eigenvalue weighted by molar-refractivity contribution is 9.11. The molecule has 0 atom stereocenters. The molecule has 1 saturated heterocycles. The van der Waals surface area contributed by atoms with Crippen molar-refractivity contribution in [2.24, 2.45) is 5.41 Å². The molecule has 112 valence electrons. The number of piperidine rings is 1. The van der Waals surface area contributed by atoms with Crippen LogP contribution >= 0.6 is 27.3 Å². The number of hydrogen-bond acceptors (Lipinski definition) is 3. The van der Waals surface area contributed by atoms with Crippen LogP contribution in [0.15, 0.2) is 15.9 Å². The first kappa shape index (κ1) is 16.0. The lowest BCUT2D eigenvalue weighted by molar-refractivity contribution is -0.121. The van der Waals surface area contributed by atoms with Crippen molar-refractivity contribution >= 4 is 33.2 Å². The maximum Gasteiger partial charge on any atom is 0.220 e. The van der Waals surface area contributed by atoms with Gasteiger partial charge in [0.15, 0.2) is 0 Å². The Balaban J connectivity index is 1.62. The van der Waals surface area contributed by atoms with Crippen molar-refractivity contribution < 1.29 is 4.79 Å². The van der Waals surface area contributed by atoms with Crippen LogP contribution in [0.4, 0.5) is 0 Å². The van der Waals surface area contributed by atoms with E-state index in [-0.39, 0.29) is 11.3 Å². The third-order valence-corrected chi connectivity index (χ3v) is 5.66. The molecule has 5 heteroatoms. The summed E-state index contributed by atoms with van der Waals surface area (Å²) in [5.41, 5.74) is 0.277. The number of hydrogen-bond donors (Lipinski definition) is 2. The van der Waals surface area contributed by atoms with Crippen LogP contribution in [0.3, 0.4) is 0 Å². The number of thiophene rings is 1. The second-order valence-corrected chi connectivity index (χ2v) is 8.44. The molecule has 0 spiro atoms. The van der Waals surface area contributed by atoms with Gasteiger partial charge in [0, 0.05) is 17.8 Å². The minimum atomic E-state index is 0.195. The van der Waals surface area contributed by atoms with E-state index in [1.165, 1.54) is 4.88 Å². The molecular weight excluding hydrogens is 336 g/mol. The van der Waals surface area contributed by atoms with E-state index in [2.05, 4.69) is 45.6 Å². The molecule has 1 amide bonds. The molecule has 2 N–H and O–H groups in total. The quantitative estimate of drug-likeness (QED) is 0.818. The summed E-state index contributed by atoms with van der Waals surface area (Å²) in [4.78, 5) is 13.2. The largest absolute Gasteiger partial charge is 0.356 e. The van der Waals surface area contributed by atoms with Gasteiger partial charge in [-0.3, -0.25) is 4.79 Å². The van der Waals surface area contributed by atoms with Crippen LogP contribution in [0.2, 0.25) is 0 Å². The molecule has 20 heavy (non-hydrogen) atoms. The number of amides is 1. The molecule has 1 aliphatic heterocycles. The summed E-state index contributed by atoms with van der Waals surface area (Å²) >= 11 is 5.21. The number of carbonyl (C=O) groups excluding carboxylic acids is 1. The Bertz CT molecular complexity index is 441. The topological polar surface area (TPSA) is 41.1 Å². The van der Waals surface area contributed by atoms with Gasteiger partial charge in [-0.1, -0.05) is 6.92 Å². The van der Waals surface area contributed by atoms with Crippen LogP contribution in [-0.4, -0.2) is 25.5 Å². The van der Waals surface area contributed by atoms with E-state index in [1.54, 1.807) is 11.3 Å². The standard InChI is InChI=1S/C15H23BrN2OS/c1-15(7-9-17-10-8-15)11-18-14(19)4-2-3-12-5-6-13(16)20-12/h5-6,17H,2-4,7-11H2,1H3,(H,18,19). The van der Waals surface area contributed by atoms with Crippen molar-refractivity contribution in [1.29, 1.82) is 0 Å². The predicted molar refractivity (Wildman–Crippen MR) is 88.2 cm³/mol. The summed E-state index contributed by atoms with van der Waals surface area (Å²) in [5, 5.41) is 6.48. The molecule has 0 bridgehead atoms. The van der Waals surface area contributed by atoms with Crippen molar-refractivity contribution in [3.8, 4) is 0 Å². The first-order valence-corrected chi connectivity index (χ1v) is 8.90. The zero-order chi connectivity index (χ0) is 14.4. The Morgan fingerprint density at radius 2 is 2.20 bits per heavy atom. The summed E-state index contributed by atoms with van der Waals surface area (Å²) in [6.07, 6.45) is 4.85. The highest BCUT2D eigenvalue weighted by Gasteiger charge is 2.26. The van der Waals surface area contributed by atoms with Crippen molar-refractivity contribution in [3.05, 3.63) is 20.8 Å². The van der Waals surface area contributed by atoms with Crippen LogP contribution in [0.5, 0.6) is 0 Å². The molecule has 3 nitrogen and oxygen atoms in total. The minimum absolute atomic E-state index is 0.195. The fourth-order valence-electron chi connectivity index (χ4n) is 2.52. The summed E-state index contributed by atoms with van der Waals surface area (Å²) in [5.74, 6) is 0.195. The number of rotatable bonds is 6. The molecule has 2 rings (SSSR count). The third-order valence-electron chi connectivity index (χ3n) is 3.98. The molecule has 0 aliphatic carbocycles. The fraction of sp³-hybridized carbons (Fsp3) is 0.667. The van der Waals surface area contributed by atoms with Gasteiger partial charge in [-0.05, 0) is 72.3 Å². The second kappa shape index (κ2) is 7.57. The highest BCUT2D eigenvalue weighted by Crippen LogP contribution is 2.27. The van der Waals surface area contributed by atoms with Crippen molar-refractivity contribution in [2.45, 2.75) is 39.0 Å². The Labute approximate surface area is 133 Å². The average molecular weight is 359 g/mol. The van der Waals surface area contributed by atoms with Gasteiger partial charge in [-0.25, -0.2) is 0 Å². The fourth-order valence-corrected chi connectivity index (χ4v) is 4.04. The average Bonchev–Trinajstić information content (AvgIpc) is 2.83. The number of nitrogens with one attached hydrogen (secondary N) is 2. The summed E-state index contributed by atoms with van der Waals surface area (Å²) in [6.45, 7) is 5.23. The highest BCUT2D eigenvalue weighted by atomic mass is 79.9. The monoisotopic (exact) mass is 358 g/mol.